The van der Waals surface area contributed by atoms with Gasteiger partial charge in [0.1, 0.15) is 11.8 Å². The molecule has 0 amide bonds. The number of nitrogens with zero attached hydrogens (tertiary/aromatic N) is 8. The second kappa shape index (κ2) is 14.4. The fourth-order valence-corrected chi connectivity index (χ4v) is 6.38. The topological polar surface area (TPSA) is 127 Å². The Kier molecular flexibility index (Phi) is 9.29. The van der Waals surface area contributed by atoms with Gasteiger partial charge in [0.2, 0.25) is 5.96 Å². The van der Waals surface area contributed by atoms with Crippen LogP contribution in [0.4, 0.5) is 21.6 Å². The van der Waals surface area contributed by atoms with Gasteiger partial charge in [0.25, 0.3) is 0 Å². The molecule has 2 aromatic carbocycles. The van der Waals surface area contributed by atoms with Crippen molar-refractivity contribution in [3.8, 4) is 23.1 Å². The van der Waals surface area contributed by atoms with Crippen molar-refractivity contribution in [3.05, 3.63) is 96.5 Å². The highest BCUT2D eigenvalue weighted by Crippen LogP contribution is 2.42. The molecule has 1 fully saturated rings. The molecule has 12 heteroatoms. The van der Waals surface area contributed by atoms with Crippen LogP contribution in [0.15, 0.2) is 84.5 Å². The third-order valence-electron chi connectivity index (χ3n) is 8.66. The monoisotopic (exact) mass is 642 g/mol. The van der Waals surface area contributed by atoms with E-state index in [2.05, 4.69) is 40.4 Å². The Bertz CT molecular complexity index is 1970. The molecule has 1 saturated heterocycles. The molecule has 0 radical (unpaired) electrons. The van der Waals surface area contributed by atoms with Gasteiger partial charge in [-0.2, -0.15) is 5.26 Å². The van der Waals surface area contributed by atoms with Crippen molar-refractivity contribution in [2.75, 3.05) is 43.0 Å². The molecule has 48 heavy (non-hydrogen) atoms. The molecule has 0 saturated carbocycles. The van der Waals surface area contributed by atoms with E-state index in [0.717, 1.165) is 60.5 Å². The lowest BCUT2D eigenvalue weighted by Gasteiger charge is -2.20. The second-order valence-corrected chi connectivity index (χ2v) is 11.7. The van der Waals surface area contributed by atoms with Gasteiger partial charge < -0.3 is 19.9 Å². The molecule has 2 N–H and O–H groups in total. The van der Waals surface area contributed by atoms with Crippen molar-refractivity contribution in [1.82, 2.24) is 30.2 Å². The lowest BCUT2D eigenvalue weighted by molar-refractivity contribution is 0.256. The van der Waals surface area contributed by atoms with Crippen LogP contribution in [0, 0.1) is 17.3 Å². The van der Waals surface area contributed by atoms with Crippen molar-refractivity contribution in [1.29, 1.82) is 5.26 Å². The Balaban J connectivity index is 1.10. The zero-order valence-corrected chi connectivity index (χ0v) is 26.4. The summed E-state index contributed by atoms with van der Waals surface area (Å²) in [4.78, 5) is 27.0. The molecule has 0 unspecified atom stereocenters. The Labute approximate surface area is 278 Å². The molecule has 0 spiro atoms. The summed E-state index contributed by atoms with van der Waals surface area (Å²) in [5.74, 6) is 0.950. The molecule has 0 bridgehead atoms. The van der Waals surface area contributed by atoms with Gasteiger partial charge in [-0.15, -0.1) is 0 Å². The molecule has 0 aliphatic carbocycles. The fourth-order valence-electron chi connectivity index (χ4n) is 6.38. The van der Waals surface area contributed by atoms with Gasteiger partial charge in [0.05, 0.1) is 18.7 Å². The predicted molar refractivity (Wildman–Crippen MR) is 183 cm³/mol. The molecule has 2 aliphatic rings. The molecule has 2 aliphatic heterocycles. The summed E-state index contributed by atoms with van der Waals surface area (Å²) >= 11 is 0. The summed E-state index contributed by atoms with van der Waals surface area (Å²) in [6.45, 7) is 4.70. The third-order valence-corrected chi connectivity index (χ3v) is 8.66. The van der Waals surface area contributed by atoms with E-state index >= 15 is 4.39 Å². The third kappa shape index (κ3) is 6.72. The smallest absolute Gasteiger partial charge is 0.209 e. The SMILES string of the molecule is N#CNC(=NCc1cnc2c(N3CCc4c(-c5cccc(OCCCN6CCCC6)c5F)cccc43)ncnc2c1)Nc1ccncc1. The zero-order chi connectivity index (χ0) is 32.7. The van der Waals surface area contributed by atoms with E-state index in [1.54, 1.807) is 36.8 Å². The lowest BCUT2D eigenvalue weighted by Crippen LogP contribution is -2.26. The number of hydrogen-bond acceptors (Lipinski definition) is 9. The number of halogens is 1. The fraction of sp³-hybridized carbons (Fsp3) is 0.278. The first-order valence-corrected chi connectivity index (χ1v) is 16.2. The molecular weight excluding hydrogens is 607 g/mol. The minimum atomic E-state index is -0.334. The lowest BCUT2D eigenvalue weighted by atomic mass is 9.97. The van der Waals surface area contributed by atoms with Crippen LogP contribution >= 0.6 is 0 Å². The minimum Gasteiger partial charge on any atom is -0.490 e. The molecule has 7 rings (SSSR count). The number of guanidine groups is 1. The Hall–Kier alpha value is -5.67. The van der Waals surface area contributed by atoms with Crippen molar-refractivity contribution in [3.63, 3.8) is 0 Å². The number of anilines is 3. The van der Waals surface area contributed by atoms with Crippen LogP contribution in [-0.2, 0) is 13.0 Å². The van der Waals surface area contributed by atoms with Crippen molar-refractivity contribution in [2.24, 2.45) is 4.99 Å². The van der Waals surface area contributed by atoms with Gasteiger partial charge in [-0.1, -0.05) is 24.3 Å². The van der Waals surface area contributed by atoms with E-state index in [0.29, 0.717) is 41.5 Å². The number of nitriles is 1. The molecule has 3 aromatic heterocycles. The van der Waals surface area contributed by atoms with Crippen LogP contribution in [0.5, 0.6) is 5.75 Å². The molecule has 5 heterocycles. The quantitative estimate of drug-likeness (QED) is 0.0632. The highest BCUT2D eigenvalue weighted by atomic mass is 19.1. The minimum absolute atomic E-state index is 0.271. The normalized spacial score (nSPS) is 14.6. The van der Waals surface area contributed by atoms with Gasteiger partial charge in [0.15, 0.2) is 23.6 Å². The van der Waals surface area contributed by atoms with E-state index in [1.165, 1.54) is 19.2 Å². The molecule has 11 nitrogen and oxygen atoms in total. The summed E-state index contributed by atoms with van der Waals surface area (Å²) in [6.07, 6.45) is 12.6. The van der Waals surface area contributed by atoms with E-state index in [4.69, 9.17) is 9.72 Å². The second-order valence-electron chi connectivity index (χ2n) is 11.7. The number of hydrogen-bond donors (Lipinski definition) is 2. The van der Waals surface area contributed by atoms with E-state index in [9.17, 15) is 5.26 Å². The summed E-state index contributed by atoms with van der Waals surface area (Å²) in [7, 11) is 0. The number of rotatable bonds is 10. The number of fused-ring (bicyclic) bond motifs is 2. The number of ether oxygens (including phenoxy) is 1. The van der Waals surface area contributed by atoms with Gasteiger partial charge in [0, 0.05) is 48.6 Å². The molecule has 242 valence electrons. The van der Waals surface area contributed by atoms with Gasteiger partial charge in [-0.25, -0.2) is 19.4 Å². The maximum Gasteiger partial charge on any atom is 0.209 e. The Morgan fingerprint density at radius 1 is 1.00 bits per heavy atom. The maximum atomic E-state index is 15.9. The highest BCUT2D eigenvalue weighted by molar-refractivity contribution is 5.94. The predicted octanol–water partition coefficient (Wildman–Crippen LogP) is 5.82. The van der Waals surface area contributed by atoms with Crippen LogP contribution in [-0.4, -0.2) is 63.6 Å². The summed E-state index contributed by atoms with van der Waals surface area (Å²) in [5.41, 5.74) is 6.31. The standard InChI is InChI=1S/C36H35FN10O/c37-33-29(7-4-9-32(33)48-19-5-17-46-15-1-2-16-46)27-6-3-8-31-28(27)12-18-47(31)35-34-30(43-24-44-35)20-25(21-40-34)22-41-36(42-23-38)45-26-10-13-39-14-11-26/h3-4,6-11,13-14,20-21,24H,1-2,5,12,15-19,22H2,(H2,39,41,42,45). The van der Waals surface area contributed by atoms with Crippen molar-refractivity contribution >= 4 is 34.2 Å². The number of pyridine rings is 2. The summed E-state index contributed by atoms with van der Waals surface area (Å²) in [5, 5.41) is 14.8. The highest BCUT2D eigenvalue weighted by Gasteiger charge is 2.27. The number of aromatic nitrogens is 4. The summed E-state index contributed by atoms with van der Waals surface area (Å²) in [6, 6.07) is 16.8. The van der Waals surface area contributed by atoms with Crippen LogP contribution in [0.3, 0.4) is 0 Å². The van der Waals surface area contributed by atoms with Gasteiger partial charge >= 0.3 is 0 Å². The molecular formula is C36H35FN10O. The number of likely N-dealkylation sites (tertiary alicyclic amines) is 1. The van der Waals surface area contributed by atoms with E-state index < -0.39 is 0 Å². The van der Waals surface area contributed by atoms with E-state index in [1.807, 2.05) is 42.6 Å². The first-order chi connectivity index (χ1) is 23.7. The Morgan fingerprint density at radius 2 is 1.83 bits per heavy atom. The maximum absolute atomic E-state index is 15.9. The number of nitrogens with one attached hydrogen (secondary N) is 2. The van der Waals surface area contributed by atoms with E-state index in [-0.39, 0.29) is 18.1 Å². The first-order valence-electron chi connectivity index (χ1n) is 16.2. The average Bonchev–Trinajstić information content (AvgIpc) is 3.80. The van der Waals surface area contributed by atoms with Crippen LogP contribution < -0.4 is 20.3 Å². The van der Waals surface area contributed by atoms with Gasteiger partial charge in [-0.3, -0.25) is 15.3 Å². The molecule has 5 aromatic rings. The Morgan fingerprint density at radius 3 is 2.69 bits per heavy atom. The zero-order valence-electron chi connectivity index (χ0n) is 26.4. The van der Waals surface area contributed by atoms with Crippen molar-refractivity contribution < 1.29 is 9.13 Å². The van der Waals surface area contributed by atoms with Gasteiger partial charge in [-0.05, 0) is 85.8 Å². The number of benzene rings is 2. The van der Waals surface area contributed by atoms with Crippen LogP contribution in [0.1, 0.15) is 30.4 Å². The number of aliphatic imine (C=N–C) groups is 1. The first kappa shape index (κ1) is 31.0. The van der Waals surface area contributed by atoms with Crippen LogP contribution in [0.25, 0.3) is 22.2 Å². The molecule has 0 atom stereocenters. The summed E-state index contributed by atoms with van der Waals surface area (Å²) < 4.78 is 21.8. The average molecular weight is 643 g/mol. The largest absolute Gasteiger partial charge is 0.490 e. The van der Waals surface area contributed by atoms with Crippen LogP contribution in [0.2, 0.25) is 0 Å². The van der Waals surface area contributed by atoms with Crippen molar-refractivity contribution in [2.45, 2.75) is 32.2 Å².